The maximum absolute atomic E-state index is 12.2. The molecule has 0 aliphatic rings. The molecule has 30 heavy (non-hydrogen) atoms. The standard InChI is InChI=1S/C21H22ClN5O2S/c1-14-6-8-16(9-7-14)23-19(28)11-10-18-25-26-21(27(18)2)30-13-20(29)24-17-5-3-4-15(22)12-17/h3-9,12H,10-11,13H2,1-2H3,(H,23,28)(H,24,29). The number of benzene rings is 2. The number of thioether (sulfide) groups is 1. The van der Waals surface area contributed by atoms with Crippen LogP contribution < -0.4 is 10.6 Å². The van der Waals surface area contributed by atoms with Crippen molar-refractivity contribution in [1.29, 1.82) is 0 Å². The molecule has 2 amide bonds. The summed E-state index contributed by atoms with van der Waals surface area (Å²) in [6, 6.07) is 14.6. The van der Waals surface area contributed by atoms with E-state index in [9.17, 15) is 9.59 Å². The Hall–Kier alpha value is -2.84. The fourth-order valence-electron chi connectivity index (χ4n) is 2.67. The van der Waals surface area contributed by atoms with E-state index in [1.807, 2.05) is 38.2 Å². The van der Waals surface area contributed by atoms with Crippen LogP contribution in [0.4, 0.5) is 11.4 Å². The second-order valence-corrected chi connectivity index (χ2v) is 8.10. The van der Waals surface area contributed by atoms with E-state index < -0.39 is 0 Å². The van der Waals surface area contributed by atoms with E-state index in [1.165, 1.54) is 11.8 Å². The highest BCUT2D eigenvalue weighted by molar-refractivity contribution is 7.99. The minimum absolute atomic E-state index is 0.0862. The quantitative estimate of drug-likeness (QED) is 0.512. The molecule has 0 fully saturated rings. The van der Waals surface area contributed by atoms with Crippen LogP contribution in [-0.2, 0) is 23.1 Å². The molecule has 0 radical (unpaired) electrons. The van der Waals surface area contributed by atoms with Crippen LogP contribution in [0.15, 0.2) is 53.7 Å². The summed E-state index contributed by atoms with van der Waals surface area (Å²) in [5, 5.41) is 15.1. The molecule has 3 aromatic rings. The van der Waals surface area contributed by atoms with E-state index >= 15 is 0 Å². The van der Waals surface area contributed by atoms with Gasteiger partial charge >= 0.3 is 0 Å². The van der Waals surface area contributed by atoms with Gasteiger partial charge in [0.25, 0.3) is 0 Å². The van der Waals surface area contributed by atoms with Gasteiger partial charge in [-0.05, 0) is 37.3 Å². The van der Waals surface area contributed by atoms with Crippen molar-refractivity contribution in [3.05, 3.63) is 64.9 Å². The van der Waals surface area contributed by atoms with Gasteiger partial charge in [-0.2, -0.15) is 0 Å². The minimum atomic E-state index is -0.163. The highest BCUT2D eigenvalue weighted by atomic mass is 35.5. The number of nitrogens with zero attached hydrogens (tertiary/aromatic N) is 3. The first-order chi connectivity index (χ1) is 14.4. The maximum atomic E-state index is 12.2. The smallest absolute Gasteiger partial charge is 0.234 e. The van der Waals surface area contributed by atoms with Gasteiger partial charge in [0.2, 0.25) is 11.8 Å². The largest absolute Gasteiger partial charge is 0.326 e. The molecule has 1 heterocycles. The molecule has 2 aromatic carbocycles. The number of hydrogen-bond donors (Lipinski definition) is 2. The van der Waals surface area contributed by atoms with Gasteiger partial charge < -0.3 is 15.2 Å². The minimum Gasteiger partial charge on any atom is -0.326 e. The Labute approximate surface area is 184 Å². The predicted octanol–water partition coefficient (Wildman–Crippen LogP) is 4.08. The van der Waals surface area contributed by atoms with Crippen LogP contribution in [0.1, 0.15) is 17.8 Å². The van der Waals surface area contributed by atoms with Gasteiger partial charge in [-0.3, -0.25) is 9.59 Å². The first-order valence-corrected chi connectivity index (χ1v) is 10.7. The number of aromatic nitrogens is 3. The fraction of sp³-hybridized carbons (Fsp3) is 0.238. The van der Waals surface area contributed by atoms with E-state index in [-0.39, 0.29) is 17.6 Å². The molecule has 0 unspecified atom stereocenters. The lowest BCUT2D eigenvalue weighted by atomic mass is 10.2. The molecule has 0 atom stereocenters. The first kappa shape index (κ1) is 21.9. The van der Waals surface area contributed by atoms with E-state index in [2.05, 4.69) is 20.8 Å². The van der Waals surface area contributed by atoms with Gasteiger partial charge in [0, 0.05) is 36.3 Å². The van der Waals surface area contributed by atoms with Gasteiger partial charge in [-0.15, -0.1) is 10.2 Å². The summed E-state index contributed by atoms with van der Waals surface area (Å²) in [4.78, 5) is 24.3. The molecule has 0 bridgehead atoms. The zero-order valence-corrected chi connectivity index (χ0v) is 18.3. The first-order valence-electron chi connectivity index (χ1n) is 9.34. The van der Waals surface area contributed by atoms with Crippen LogP contribution in [0.25, 0.3) is 0 Å². The number of anilines is 2. The topological polar surface area (TPSA) is 88.9 Å². The Morgan fingerprint density at radius 1 is 1.03 bits per heavy atom. The Morgan fingerprint density at radius 3 is 2.50 bits per heavy atom. The van der Waals surface area contributed by atoms with Crippen LogP contribution in [0, 0.1) is 6.92 Å². The molecule has 0 aliphatic carbocycles. The molecule has 156 valence electrons. The lowest BCUT2D eigenvalue weighted by molar-refractivity contribution is -0.116. The molecule has 0 saturated heterocycles. The van der Waals surface area contributed by atoms with E-state index in [4.69, 9.17) is 11.6 Å². The SMILES string of the molecule is Cc1ccc(NC(=O)CCc2nnc(SCC(=O)Nc3cccc(Cl)c3)n2C)cc1. The monoisotopic (exact) mass is 443 g/mol. The lowest BCUT2D eigenvalue weighted by Crippen LogP contribution is -2.15. The van der Waals surface area contributed by atoms with Gasteiger partial charge in [-0.25, -0.2) is 0 Å². The van der Waals surface area contributed by atoms with Crippen LogP contribution in [0.3, 0.4) is 0 Å². The zero-order chi connectivity index (χ0) is 21.5. The predicted molar refractivity (Wildman–Crippen MR) is 120 cm³/mol. The highest BCUT2D eigenvalue weighted by Gasteiger charge is 2.13. The fourth-order valence-corrected chi connectivity index (χ4v) is 3.59. The molecule has 1 aromatic heterocycles. The average molecular weight is 444 g/mol. The van der Waals surface area contributed by atoms with Crippen LogP contribution in [-0.4, -0.2) is 32.3 Å². The highest BCUT2D eigenvalue weighted by Crippen LogP contribution is 2.19. The molecule has 0 spiro atoms. The van der Waals surface area contributed by atoms with Crippen LogP contribution in [0.5, 0.6) is 0 Å². The lowest BCUT2D eigenvalue weighted by Gasteiger charge is -2.07. The van der Waals surface area contributed by atoms with Gasteiger partial charge in [-0.1, -0.05) is 47.1 Å². The normalized spacial score (nSPS) is 10.6. The number of nitrogens with one attached hydrogen (secondary N) is 2. The van der Waals surface area contributed by atoms with Crippen molar-refractivity contribution in [3.8, 4) is 0 Å². The Kier molecular flexibility index (Phi) is 7.48. The second kappa shape index (κ2) is 10.3. The van der Waals surface area contributed by atoms with Crippen LogP contribution in [0.2, 0.25) is 5.02 Å². The summed E-state index contributed by atoms with van der Waals surface area (Å²) in [5.41, 5.74) is 2.55. The number of amides is 2. The molecule has 0 saturated carbocycles. The summed E-state index contributed by atoms with van der Waals surface area (Å²) in [7, 11) is 1.82. The van der Waals surface area contributed by atoms with E-state index in [0.29, 0.717) is 34.5 Å². The second-order valence-electron chi connectivity index (χ2n) is 6.72. The summed E-state index contributed by atoms with van der Waals surface area (Å²) in [5.74, 6) is 0.625. The van der Waals surface area contributed by atoms with Crippen molar-refractivity contribution in [2.75, 3.05) is 16.4 Å². The van der Waals surface area contributed by atoms with E-state index in [1.54, 1.807) is 28.8 Å². The van der Waals surface area contributed by atoms with Gasteiger partial charge in [0.05, 0.1) is 5.75 Å². The van der Waals surface area contributed by atoms with Gasteiger partial charge in [0.1, 0.15) is 5.82 Å². The van der Waals surface area contributed by atoms with Crippen molar-refractivity contribution < 1.29 is 9.59 Å². The van der Waals surface area contributed by atoms with Crippen molar-refractivity contribution in [1.82, 2.24) is 14.8 Å². The molecule has 2 N–H and O–H groups in total. The Bertz CT molecular complexity index is 1040. The van der Waals surface area contributed by atoms with Crippen molar-refractivity contribution >= 4 is 46.6 Å². The number of halogens is 1. The number of carbonyl (C=O) groups excluding carboxylic acids is 2. The Morgan fingerprint density at radius 2 is 1.77 bits per heavy atom. The Balaban J connectivity index is 1.47. The summed E-state index contributed by atoms with van der Waals surface area (Å²) < 4.78 is 1.80. The molecular formula is C21H22ClN5O2S. The molecule has 9 heteroatoms. The summed E-state index contributed by atoms with van der Waals surface area (Å²) in [6.45, 7) is 2.00. The van der Waals surface area contributed by atoms with Crippen molar-refractivity contribution in [2.24, 2.45) is 7.05 Å². The van der Waals surface area contributed by atoms with Crippen molar-refractivity contribution in [2.45, 2.75) is 24.9 Å². The number of aryl methyl sites for hydroxylation is 2. The number of rotatable bonds is 8. The maximum Gasteiger partial charge on any atom is 0.234 e. The van der Waals surface area contributed by atoms with Crippen molar-refractivity contribution in [3.63, 3.8) is 0 Å². The molecule has 7 nitrogen and oxygen atoms in total. The third-order valence-corrected chi connectivity index (χ3v) is 5.53. The average Bonchev–Trinajstić information content (AvgIpc) is 3.06. The van der Waals surface area contributed by atoms with Gasteiger partial charge in [0.15, 0.2) is 5.16 Å². The number of carbonyl (C=O) groups is 2. The summed E-state index contributed by atoms with van der Waals surface area (Å²) in [6.07, 6.45) is 0.746. The third-order valence-electron chi connectivity index (χ3n) is 4.28. The van der Waals surface area contributed by atoms with Crippen LogP contribution >= 0.6 is 23.4 Å². The third kappa shape index (κ3) is 6.33. The molecular weight excluding hydrogens is 422 g/mol. The summed E-state index contributed by atoms with van der Waals surface area (Å²) >= 11 is 7.20. The zero-order valence-electron chi connectivity index (χ0n) is 16.7. The van der Waals surface area contributed by atoms with E-state index in [0.717, 1.165) is 11.3 Å². The molecule has 3 rings (SSSR count). The number of hydrogen-bond acceptors (Lipinski definition) is 5. The molecule has 0 aliphatic heterocycles.